The van der Waals surface area contributed by atoms with E-state index >= 15 is 0 Å². The van der Waals surface area contributed by atoms with E-state index in [0.717, 1.165) is 4.57 Å². The molecule has 1 N–H and O–H groups in total. The number of nitro groups is 2. The summed E-state index contributed by atoms with van der Waals surface area (Å²) in [6, 6.07) is 8.85. The monoisotopic (exact) mass is 784 g/mol. The van der Waals surface area contributed by atoms with Crippen molar-refractivity contribution in [3.05, 3.63) is 109 Å². The minimum absolute atomic E-state index is 0.00358. The van der Waals surface area contributed by atoms with Crippen molar-refractivity contribution in [1.29, 1.82) is 0 Å². The first-order chi connectivity index (χ1) is 22.3. The fourth-order valence-corrected chi connectivity index (χ4v) is 5.81. The average Bonchev–Trinajstić information content (AvgIpc) is 3.41. The van der Waals surface area contributed by atoms with Gasteiger partial charge < -0.3 is 23.7 Å². The normalized spacial score (nSPS) is 17.1. The van der Waals surface area contributed by atoms with Crippen LogP contribution in [0.15, 0.2) is 61.1 Å². The van der Waals surface area contributed by atoms with Gasteiger partial charge in [0.1, 0.15) is 25.0 Å². The van der Waals surface area contributed by atoms with Gasteiger partial charge in [0.15, 0.2) is 0 Å². The van der Waals surface area contributed by atoms with E-state index in [-0.39, 0.29) is 49.4 Å². The van der Waals surface area contributed by atoms with E-state index in [1.54, 1.807) is 12.1 Å². The molecule has 1 fully saturated rings. The highest BCUT2D eigenvalue weighted by molar-refractivity contribution is 9.10. The Hall–Kier alpha value is -4.62. The fourth-order valence-electron chi connectivity index (χ4n) is 4.70. The highest BCUT2D eigenvalue weighted by Crippen LogP contribution is 2.31. The lowest BCUT2D eigenvalue weighted by molar-refractivity contribution is -0.385. The number of H-pyrrole nitrogens is 1. The molecular weight excluding hydrogens is 760 g/mol. The van der Waals surface area contributed by atoms with E-state index in [4.69, 9.17) is 23.7 Å². The lowest BCUT2D eigenvalue weighted by Gasteiger charge is -2.18. The molecular formula is C28H26Br2N4O13. The van der Waals surface area contributed by atoms with Crippen molar-refractivity contribution in [3.63, 3.8) is 0 Å². The molecule has 1 aromatic heterocycles. The number of aromatic nitrogens is 2. The molecule has 2 aromatic carbocycles. The maximum atomic E-state index is 12.6. The molecule has 250 valence electrons. The summed E-state index contributed by atoms with van der Waals surface area (Å²) in [7, 11) is 0. The van der Waals surface area contributed by atoms with Crippen LogP contribution in [0.4, 0.5) is 21.0 Å². The molecule has 0 spiro atoms. The number of hydrogen-bond acceptors (Lipinski definition) is 13. The first-order valence-corrected chi connectivity index (χ1v) is 15.4. The fraction of sp³-hybridized carbons (Fsp3) is 0.357. The predicted octanol–water partition coefficient (Wildman–Crippen LogP) is 4.63. The molecule has 1 saturated heterocycles. The zero-order valence-electron chi connectivity index (χ0n) is 24.4. The van der Waals surface area contributed by atoms with Crippen LogP contribution < -0.4 is 11.2 Å². The minimum atomic E-state index is -1.15. The molecule has 47 heavy (non-hydrogen) atoms. The largest absolute Gasteiger partial charge is 0.508 e. The second kappa shape index (κ2) is 15.8. The topological polar surface area (TPSA) is 221 Å². The number of aromatic amines is 1. The Labute approximate surface area is 281 Å². The third-order valence-corrected chi connectivity index (χ3v) is 8.46. The Kier molecular flexibility index (Phi) is 11.8. The number of carbonyl (C=O) groups is 2. The molecule has 0 saturated carbocycles. The smallest absolute Gasteiger partial charge is 0.434 e. The van der Waals surface area contributed by atoms with Gasteiger partial charge in [-0.3, -0.25) is 34.6 Å². The summed E-state index contributed by atoms with van der Waals surface area (Å²) in [5.41, 5.74) is -0.874. The third kappa shape index (κ3) is 9.01. The van der Waals surface area contributed by atoms with Crippen LogP contribution in [-0.2, 0) is 36.5 Å². The molecule has 0 aliphatic carbocycles. The van der Waals surface area contributed by atoms with Gasteiger partial charge in [0.25, 0.3) is 16.9 Å². The number of benzene rings is 2. The van der Waals surface area contributed by atoms with Gasteiger partial charge in [0.05, 0.1) is 23.1 Å². The van der Waals surface area contributed by atoms with Crippen molar-refractivity contribution in [2.24, 2.45) is 0 Å². The number of nitrogens with zero attached hydrogens (tertiary/aromatic N) is 3. The Morgan fingerprint density at radius 1 is 0.936 bits per heavy atom. The number of aryl methyl sites for hydroxylation is 1. The molecule has 19 heteroatoms. The third-order valence-electron chi connectivity index (χ3n) is 6.98. The molecule has 0 amide bonds. The van der Waals surface area contributed by atoms with E-state index < -0.39 is 58.4 Å². The molecule has 4 rings (SSSR count). The number of carbonyl (C=O) groups excluding carboxylic acids is 2. The van der Waals surface area contributed by atoms with E-state index in [1.165, 1.54) is 37.4 Å². The first kappa shape index (κ1) is 35.2. The van der Waals surface area contributed by atoms with Crippen LogP contribution in [0.1, 0.15) is 29.3 Å². The van der Waals surface area contributed by atoms with Gasteiger partial charge in [-0.2, -0.15) is 0 Å². The summed E-state index contributed by atoms with van der Waals surface area (Å²) >= 11 is 6.50. The van der Waals surface area contributed by atoms with Crippen molar-refractivity contribution >= 4 is 55.5 Å². The second-order valence-electron chi connectivity index (χ2n) is 10.00. The summed E-state index contributed by atoms with van der Waals surface area (Å²) in [5.74, 6) is 0. The quantitative estimate of drug-likeness (QED) is 0.150. The van der Waals surface area contributed by atoms with Crippen molar-refractivity contribution in [2.45, 2.75) is 44.6 Å². The number of hydrogen-bond donors (Lipinski definition) is 1. The summed E-state index contributed by atoms with van der Waals surface area (Å²) in [6.45, 7) is 0.442. The Bertz CT molecular complexity index is 1790. The molecule has 17 nitrogen and oxygen atoms in total. The minimum Gasteiger partial charge on any atom is -0.434 e. The molecule has 0 radical (unpaired) electrons. The molecule has 1 aliphatic heterocycles. The Balaban J connectivity index is 1.39. The van der Waals surface area contributed by atoms with Crippen LogP contribution in [-0.4, -0.2) is 63.7 Å². The van der Waals surface area contributed by atoms with Crippen LogP contribution in [0.5, 0.6) is 0 Å². The van der Waals surface area contributed by atoms with Gasteiger partial charge in [-0.15, -0.1) is 0 Å². The zero-order valence-corrected chi connectivity index (χ0v) is 27.6. The van der Waals surface area contributed by atoms with Crippen molar-refractivity contribution in [1.82, 2.24) is 9.55 Å². The number of rotatable bonds is 12. The van der Waals surface area contributed by atoms with Crippen LogP contribution in [0.3, 0.4) is 0 Å². The molecule has 2 heterocycles. The molecule has 0 bridgehead atoms. The molecule has 0 unspecified atom stereocenters. The van der Waals surface area contributed by atoms with Gasteiger partial charge in [-0.05, 0) is 19.1 Å². The maximum Gasteiger partial charge on any atom is 0.508 e. The Morgan fingerprint density at radius 3 is 2.04 bits per heavy atom. The predicted molar refractivity (Wildman–Crippen MR) is 167 cm³/mol. The molecule has 1 aliphatic rings. The summed E-state index contributed by atoms with van der Waals surface area (Å²) in [6.07, 6.45) is -4.41. The number of nitro benzene ring substituents is 2. The van der Waals surface area contributed by atoms with Crippen LogP contribution in [0.25, 0.3) is 0 Å². The SMILES string of the molecule is Cc1cn([C@H]2C[C@H](OC(=O)OCCc3c(Br)cccc3[N+](=O)[O-])[C@@H](COC(=O)OCCc3c(Br)cccc3[N+](=O)[O-])O2)c(=O)[nH]c1=O. The van der Waals surface area contributed by atoms with Gasteiger partial charge in [-0.1, -0.05) is 44.0 Å². The number of halogens is 2. The zero-order chi connectivity index (χ0) is 34.2. The van der Waals surface area contributed by atoms with E-state index in [9.17, 15) is 39.4 Å². The van der Waals surface area contributed by atoms with Gasteiger partial charge >= 0.3 is 18.0 Å². The van der Waals surface area contributed by atoms with Gasteiger partial charge in [0.2, 0.25) is 0 Å². The highest BCUT2D eigenvalue weighted by atomic mass is 79.9. The standard InChI is InChI=1S/C28H26Br2N4O13/c1-15-13-32(26(36)31-25(15)35)24-12-22(47-28(38)44-11-9-17-19(30)5-3-7-21(17)34(41)42)23(46-24)14-45-27(37)43-10-8-16-18(29)4-2-6-20(16)33(39)40/h2-7,13,22-24H,8-12,14H2,1H3,(H,31,35,36)/t22-,23+,24+/m0/s1. The second-order valence-corrected chi connectivity index (χ2v) is 11.7. The highest BCUT2D eigenvalue weighted by Gasteiger charge is 2.41. The van der Waals surface area contributed by atoms with E-state index in [1.807, 2.05) is 0 Å². The van der Waals surface area contributed by atoms with Crippen LogP contribution >= 0.6 is 31.9 Å². The lowest BCUT2D eigenvalue weighted by atomic mass is 10.1. The Morgan fingerprint density at radius 2 is 1.49 bits per heavy atom. The summed E-state index contributed by atoms with van der Waals surface area (Å²) < 4.78 is 28.6. The number of nitrogens with one attached hydrogen (secondary N) is 1. The summed E-state index contributed by atoms with van der Waals surface area (Å²) in [4.78, 5) is 73.0. The van der Waals surface area contributed by atoms with E-state index in [2.05, 4.69) is 36.8 Å². The van der Waals surface area contributed by atoms with Crippen molar-refractivity contribution < 1.29 is 43.1 Å². The van der Waals surface area contributed by atoms with Crippen molar-refractivity contribution in [2.75, 3.05) is 19.8 Å². The van der Waals surface area contributed by atoms with Gasteiger partial charge in [0, 0.05) is 63.2 Å². The first-order valence-electron chi connectivity index (χ1n) is 13.8. The maximum absolute atomic E-state index is 12.6. The van der Waals surface area contributed by atoms with E-state index in [0.29, 0.717) is 20.1 Å². The average molecular weight is 786 g/mol. The van der Waals surface area contributed by atoms with Crippen LogP contribution in [0, 0.1) is 27.2 Å². The van der Waals surface area contributed by atoms with Crippen molar-refractivity contribution in [3.8, 4) is 0 Å². The van der Waals surface area contributed by atoms with Crippen LogP contribution in [0.2, 0.25) is 0 Å². The lowest BCUT2D eigenvalue weighted by Crippen LogP contribution is -2.33. The molecule has 3 atom stereocenters. The van der Waals surface area contributed by atoms with Gasteiger partial charge in [-0.25, -0.2) is 14.4 Å². The summed E-state index contributed by atoms with van der Waals surface area (Å²) in [5, 5.41) is 22.7. The number of ether oxygens (including phenoxy) is 5. The molecule has 3 aromatic rings.